The van der Waals surface area contributed by atoms with Gasteiger partial charge in [0.05, 0.1) is 22.8 Å². The van der Waals surface area contributed by atoms with E-state index >= 15 is 0 Å². The number of piperazine rings is 1. The molecule has 0 bridgehead atoms. The minimum absolute atomic E-state index is 0. The second-order valence-corrected chi connectivity index (χ2v) is 10.6. The topological polar surface area (TPSA) is 111 Å². The van der Waals surface area contributed by atoms with Gasteiger partial charge >= 0.3 is 11.9 Å². The van der Waals surface area contributed by atoms with E-state index in [1.807, 2.05) is 16.9 Å². The number of para-hydroxylation sites is 1. The number of rotatable bonds is 5. The van der Waals surface area contributed by atoms with Crippen LogP contribution in [0.25, 0.3) is 16.6 Å². The number of nitrogens with zero attached hydrogens (tertiary/aromatic N) is 4. The van der Waals surface area contributed by atoms with Gasteiger partial charge in [0.25, 0.3) is 0 Å². The molecule has 3 heterocycles. The lowest BCUT2D eigenvalue weighted by Crippen LogP contribution is -2.49. The quantitative estimate of drug-likeness (QED) is 0.426. The zero-order valence-electron chi connectivity index (χ0n) is 22.6. The average molecular weight is 566 g/mol. The van der Waals surface area contributed by atoms with Crippen molar-refractivity contribution in [3.63, 3.8) is 0 Å². The number of carboxylic acids is 2. The summed E-state index contributed by atoms with van der Waals surface area (Å²) in [6.07, 6.45) is 7.65. The van der Waals surface area contributed by atoms with Gasteiger partial charge in [-0.1, -0.05) is 36.4 Å². The maximum absolute atomic E-state index is 10.8. The van der Waals surface area contributed by atoms with Crippen LogP contribution < -0.4 is 10.2 Å². The molecule has 2 unspecified atom stereocenters. The van der Waals surface area contributed by atoms with Gasteiger partial charge in [-0.2, -0.15) is 5.10 Å². The molecule has 40 heavy (non-hydrogen) atoms. The molecule has 2 aliphatic heterocycles. The van der Waals surface area contributed by atoms with Gasteiger partial charge in [0, 0.05) is 62.0 Å². The fourth-order valence-electron chi connectivity index (χ4n) is 5.48. The SMILES string of the molecule is CC1(C(=O)O)C=CC=C(C(=O)O)C1.Cl.c1ccc(-n2ncc3ccc(N4CCC(N5CCNCC5)C4)cc32)cc1. The Labute approximate surface area is 240 Å². The van der Waals surface area contributed by atoms with Crippen LogP contribution in [0, 0.1) is 5.41 Å². The fraction of sp³-hybridized carbons (Fsp3) is 0.367. The standard InChI is InChI=1S/C21H25N5.C9H10O4.ClH/c1-2-4-18(5-3-1)26-21-14-19(7-6-17(21)15-23-26)25-11-8-20(16-25)24-12-9-22-10-13-24;1-9(8(12)13)4-2-3-6(5-9)7(10)11;/h1-7,14-15,20,22H,8-13,16H2;2-4H,5H2,1H3,(H,10,11)(H,12,13);1H. The summed E-state index contributed by atoms with van der Waals surface area (Å²) in [4.78, 5) is 26.5. The number of hydrogen-bond acceptors (Lipinski definition) is 6. The van der Waals surface area contributed by atoms with Crippen LogP contribution in [0.3, 0.4) is 0 Å². The van der Waals surface area contributed by atoms with Crippen LogP contribution in [0.2, 0.25) is 0 Å². The molecule has 2 aromatic carbocycles. The first-order valence-corrected chi connectivity index (χ1v) is 13.4. The molecule has 0 spiro atoms. The van der Waals surface area contributed by atoms with Crippen LogP contribution in [0.5, 0.6) is 0 Å². The van der Waals surface area contributed by atoms with E-state index in [1.54, 1.807) is 0 Å². The number of anilines is 1. The lowest BCUT2D eigenvalue weighted by molar-refractivity contribution is -0.145. The Morgan fingerprint density at radius 2 is 1.77 bits per heavy atom. The maximum atomic E-state index is 10.8. The van der Waals surface area contributed by atoms with Crippen molar-refractivity contribution in [2.45, 2.75) is 25.8 Å². The Bertz CT molecular complexity index is 1400. The maximum Gasteiger partial charge on any atom is 0.331 e. The molecule has 0 saturated carbocycles. The Morgan fingerprint density at radius 1 is 1.02 bits per heavy atom. The van der Waals surface area contributed by atoms with Crippen LogP contribution in [-0.4, -0.2) is 82.1 Å². The van der Waals surface area contributed by atoms with Crippen LogP contribution in [-0.2, 0) is 9.59 Å². The lowest BCUT2D eigenvalue weighted by Gasteiger charge is -2.32. The fourth-order valence-corrected chi connectivity index (χ4v) is 5.48. The molecule has 2 atom stereocenters. The van der Waals surface area contributed by atoms with Crippen molar-refractivity contribution in [1.29, 1.82) is 0 Å². The number of carbonyl (C=O) groups is 2. The number of halogens is 1. The first-order chi connectivity index (χ1) is 18.8. The van der Waals surface area contributed by atoms with Gasteiger partial charge in [0.1, 0.15) is 0 Å². The Kier molecular flexibility index (Phi) is 9.29. The van der Waals surface area contributed by atoms with Crippen LogP contribution >= 0.6 is 12.4 Å². The largest absolute Gasteiger partial charge is 0.481 e. The summed E-state index contributed by atoms with van der Waals surface area (Å²) in [7, 11) is 0. The molecule has 9 nitrogen and oxygen atoms in total. The van der Waals surface area contributed by atoms with E-state index < -0.39 is 17.4 Å². The first-order valence-electron chi connectivity index (χ1n) is 13.4. The van der Waals surface area contributed by atoms with Gasteiger partial charge in [0.2, 0.25) is 0 Å². The molecular formula is C30H36ClN5O4. The number of aromatic nitrogens is 2. The summed E-state index contributed by atoms with van der Waals surface area (Å²) in [5, 5.41) is 26.7. The number of aliphatic carboxylic acids is 2. The minimum atomic E-state index is -1.08. The molecule has 2 fully saturated rings. The second kappa shape index (κ2) is 12.7. The van der Waals surface area contributed by atoms with E-state index in [-0.39, 0.29) is 24.4 Å². The molecule has 6 rings (SSSR count). The van der Waals surface area contributed by atoms with Gasteiger partial charge in [-0.25, -0.2) is 9.48 Å². The highest BCUT2D eigenvalue weighted by molar-refractivity contribution is 5.90. The molecule has 10 heteroatoms. The van der Waals surface area contributed by atoms with E-state index in [1.165, 1.54) is 61.3 Å². The zero-order valence-corrected chi connectivity index (χ0v) is 23.4. The number of fused-ring (bicyclic) bond motifs is 1. The van der Waals surface area contributed by atoms with Gasteiger partial charge in [-0.3, -0.25) is 9.69 Å². The number of benzene rings is 2. The van der Waals surface area contributed by atoms with E-state index in [2.05, 4.69) is 62.7 Å². The lowest BCUT2D eigenvalue weighted by atomic mass is 9.80. The van der Waals surface area contributed by atoms with Crippen molar-refractivity contribution in [1.82, 2.24) is 20.0 Å². The summed E-state index contributed by atoms with van der Waals surface area (Å²) < 4.78 is 2.04. The average Bonchev–Trinajstić information content (AvgIpc) is 3.62. The third-order valence-corrected chi connectivity index (χ3v) is 7.83. The van der Waals surface area contributed by atoms with Gasteiger partial charge in [-0.15, -0.1) is 12.4 Å². The molecule has 1 aliphatic carbocycles. The molecule has 1 aromatic heterocycles. The number of nitrogens with one attached hydrogen (secondary N) is 1. The first kappa shape index (κ1) is 29.3. The van der Waals surface area contributed by atoms with Crippen LogP contribution in [0.1, 0.15) is 19.8 Å². The minimum Gasteiger partial charge on any atom is -0.481 e. The number of allylic oxidation sites excluding steroid dienone is 2. The Balaban J connectivity index is 0.000000226. The summed E-state index contributed by atoms with van der Waals surface area (Å²) in [6, 6.07) is 17.8. The van der Waals surface area contributed by atoms with Crippen molar-refractivity contribution in [2.24, 2.45) is 5.41 Å². The number of carboxylic acid groups (broad SMARTS) is 2. The molecule has 3 N–H and O–H groups in total. The highest BCUT2D eigenvalue weighted by Gasteiger charge is 2.34. The van der Waals surface area contributed by atoms with Crippen molar-refractivity contribution in [2.75, 3.05) is 44.2 Å². The monoisotopic (exact) mass is 565 g/mol. The van der Waals surface area contributed by atoms with Crippen LogP contribution in [0.15, 0.2) is 78.5 Å². The highest BCUT2D eigenvalue weighted by atomic mass is 35.5. The molecule has 0 amide bonds. The molecule has 3 aromatic rings. The second-order valence-electron chi connectivity index (χ2n) is 10.6. The Hall–Kier alpha value is -3.66. The van der Waals surface area contributed by atoms with Crippen molar-refractivity contribution < 1.29 is 19.8 Å². The van der Waals surface area contributed by atoms with Crippen molar-refractivity contribution in [3.05, 3.63) is 78.5 Å². The van der Waals surface area contributed by atoms with E-state index in [9.17, 15) is 9.59 Å². The Morgan fingerprint density at radius 3 is 2.48 bits per heavy atom. The summed E-state index contributed by atoms with van der Waals surface area (Å²) >= 11 is 0. The van der Waals surface area contributed by atoms with Gasteiger partial charge in [0.15, 0.2) is 0 Å². The predicted molar refractivity (Wildman–Crippen MR) is 159 cm³/mol. The van der Waals surface area contributed by atoms with E-state index in [4.69, 9.17) is 10.2 Å². The molecule has 0 radical (unpaired) electrons. The summed E-state index contributed by atoms with van der Waals surface area (Å²) in [5.74, 6) is -2.06. The highest BCUT2D eigenvalue weighted by Crippen LogP contribution is 2.31. The normalized spacial score (nSPS) is 22.7. The predicted octanol–water partition coefficient (Wildman–Crippen LogP) is 3.98. The third-order valence-electron chi connectivity index (χ3n) is 7.83. The molecule has 2 saturated heterocycles. The summed E-state index contributed by atoms with van der Waals surface area (Å²) in [6.45, 7) is 8.38. The molecular weight excluding hydrogens is 530 g/mol. The van der Waals surface area contributed by atoms with E-state index in [0.717, 1.165) is 31.9 Å². The van der Waals surface area contributed by atoms with Crippen molar-refractivity contribution in [3.8, 4) is 5.69 Å². The number of hydrogen-bond donors (Lipinski definition) is 3. The van der Waals surface area contributed by atoms with Crippen LogP contribution in [0.4, 0.5) is 5.69 Å². The third kappa shape index (κ3) is 6.38. The van der Waals surface area contributed by atoms with Crippen molar-refractivity contribution >= 4 is 40.9 Å². The smallest absolute Gasteiger partial charge is 0.331 e. The van der Waals surface area contributed by atoms with E-state index in [0.29, 0.717) is 6.04 Å². The zero-order chi connectivity index (χ0) is 27.4. The van der Waals surface area contributed by atoms with Gasteiger partial charge in [-0.05, 0) is 50.1 Å². The van der Waals surface area contributed by atoms with Gasteiger partial charge < -0.3 is 20.4 Å². The molecule has 212 valence electrons. The molecule has 3 aliphatic rings. The summed E-state index contributed by atoms with van der Waals surface area (Å²) in [5.41, 5.74) is 2.65.